The second kappa shape index (κ2) is 8.87. The molecule has 0 aliphatic carbocycles. The first-order valence-electron chi connectivity index (χ1n) is 8.50. The fourth-order valence-corrected chi connectivity index (χ4v) is 3.26. The molecule has 2 unspecified atom stereocenters. The van der Waals surface area contributed by atoms with E-state index in [2.05, 4.69) is 17.6 Å². The summed E-state index contributed by atoms with van der Waals surface area (Å²) in [5.41, 5.74) is 1.02. The normalized spacial score (nSPS) is 20.9. The Morgan fingerprint density at radius 2 is 1.83 bits per heavy atom. The maximum atomic E-state index is 5.44. The number of methoxy groups -OCH3 is 3. The molecular formula is C18H30N2O3. The first-order chi connectivity index (χ1) is 11.2. The molecule has 0 amide bonds. The van der Waals surface area contributed by atoms with Gasteiger partial charge in [-0.1, -0.05) is 19.8 Å². The molecule has 5 heteroatoms. The summed E-state index contributed by atoms with van der Waals surface area (Å²) < 4.78 is 16.3. The van der Waals surface area contributed by atoms with Crippen LogP contribution < -0.4 is 24.8 Å². The number of nitrogens with one attached hydrogen (secondary N) is 2. The Balaban J connectivity index is 2.17. The summed E-state index contributed by atoms with van der Waals surface area (Å²) >= 11 is 0. The SMILES string of the molecule is CCCCC1CNCCC1Nc1cc(OC)c(OC)c(OC)c1. The molecular weight excluding hydrogens is 292 g/mol. The van der Waals surface area contributed by atoms with E-state index in [0.29, 0.717) is 29.2 Å². The van der Waals surface area contributed by atoms with Gasteiger partial charge in [0.15, 0.2) is 11.5 Å². The van der Waals surface area contributed by atoms with Crippen LogP contribution in [0.2, 0.25) is 0 Å². The molecule has 2 rings (SSSR count). The highest BCUT2D eigenvalue weighted by Gasteiger charge is 2.25. The average molecular weight is 322 g/mol. The molecule has 1 aliphatic heterocycles. The van der Waals surface area contributed by atoms with Gasteiger partial charge in [0, 0.05) is 23.9 Å². The van der Waals surface area contributed by atoms with E-state index >= 15 is 0 Å². The Kier molecular flexibility index (Phi) is 6.84. The molecule has 23 heavy (non-hydrogen) atoms. The van der Waals surface area contributed by atoms with Gasteiger partial charge in [0.05, 0.1) is 21.3 Å². The largest absolute Gasteiger partial charge is 0.493 e. The van der Waals surface area contributed by atoms with Crippen LogP contribution in [0.3, 0.4) is 0 Å². The van der Waals surface area contributed by atoms with Crippen molar-refractivity contribution in [2.45, 2.75) is 38.6 Å². The summed E-state index contributed by atoms with van der Waals surface area (Å²) in [6.07, 6.45) is 4.91. The molecule has 0 aromatic heterocycles. The van der Waals surface area contributed by atoms with E-state index < -0.39 is 0 Å². The molecule has 0 radical (unpaired) electrons. The van der Waals surface area contributed by atoms with Crippen molar-refractivity contribution in [2.75, 3.05) is 39.7 Å². The van der Waals surface area contributed by atoms with Gasteiger partial charge in [0.25, 0.3) is 0 Å². The quantitative estimate of drug-likeness (QED) is 0.769. The Labute approximate surface area is 139 Å². The molecule has 2 N–H and O–H groups in total. The lowest BCUT2D eigenvalue weighted by atomic mass is 9.88. The highest BCUT2D eigenvalue weighted by atomic mass is 16.5. The van der Waals surface area contributed by atoms with Crippen molar-refractivity contribution in [1.82, 2.24) is 5.32 Å². The Morgan fingerprint density at radius 1 is 1.13 bits per heavy atom. The third-order valence-corrected chi connectivity index (χ3v) is 4.55. The van der Waals surface area contributed by atoms with Crippen LogP contribution in [-0.4, -0.2) is 40.5 Å². The van der Waals surface area contributed by atoms with Crippen molar-refractivity contribution in [1.29, 1.82) is 0 Å². The van der Waals surface area contributed by atoms with Crippen molar-refractivity contribution in [2.24, 2.45) is 5.92 Å². The number of hydrogen-bond donors (Lipinski definition) is 2. The lowest BCUT2D eigenvalue weighted by Gasteiger charge is -2.34. The molecule has 0 saturated carbocycles. The van der Waals surface area contributed by atoms with Gasteiger partial charge in [0.1, 0.15) is 0 Å². The lowest BCUT2D eigenvalue weighted by molar-refractivity contribution is 0.317. The first-order valence-corrected chi connectivity index (χ1v) is 8.50. The van der Waals surface area contributed by atoms with Crippen LogP contribution in [0.4, 0.5) is 5.69 Å². The standard InChI is InChI=1S/C18H30N2O3/c1-5-6-7-13-12-19-9-8-15(13)20-14-10-16(21-2)18(23-4)17(11-14)22-3/h10-11,13,15,19-20H,5-9,12H2,1-4H3. The number of hydrogen-bond acceptors (Lipinski definition) is 5. The van der Waals surface area contributed by atoms with Crippen LogP contribution in [0, 0.1) is 5.92 Å². The van der Waals surface area contributed by atoms with Gasteiger partial charge in [-0.3, -0.25) is 0 Å². The molecule has 1 aromatic rings. The molecule has 1 saturated heterocycles. The summed E-state index contributed by atoms with van der Waals surface area (Å²) in [4.78, 5) is 0. The average Bonchev–Trinajstić information content (AvgIpc) is 2.60. The second-order valence-electron chi connectivity index (χ2n) is 6.06. The first kappa shape index (κ1) is 17.7. The van der Waals surface area contributed by atoms with E-state index in [1.165, 1.54) is 19.3 Å². The van der Waals surface area contributed by atoms with Crippen LogP contribution in [-0.2, 0) is 0 Å². The number of anilines is 1. The zero-order chi connectivity index (χ0) is 16.7. The molecule has 1 aliphatic rings. The molecule has 0 spiro atoms. The van der Waals surface area contributed by atoms with Gasteiger partial charge in [-0.15, -0.1) is 0 Å². The highest BCUT2D eigenvalue weighted by molar-refractivity contribution is 5.62. The fourth-order valence-electron chi connectivity index (χ4n) is 3.26. The summed E-state index contributed by atoms with van der Waals surface area (Å²) in [5.74, 6) is 2.66. The minimum Gasteiger partial charge on any atom is -0.493 e. The van der Waals surface area contributed by atoms with E-state index in [1.807, 2.05) is 12.1 Å². The minimum atomic E-state index is 0.477. The second-order valence-corrected chi connectivity index (χ2v) is 6.06. The number of ether oxygens (including phenoxy) is 3. The van der Waals surface area contributed by atoms with Gasteiger partial charge in [-0.05, 0) is 31.8 Å². The lowest BCUT2D eigenvalue weighted by Crippen LogP contribution is -2.43. The molecule has 1 aromatic carbocycles. The summed E-state index contributed by atoms with van der Waals surface area (Å²) in [7, 11) is 4.92. The van der Waals surface area contributed by atoms with Gasteiger partial charge in [-0.2, -0.15) is 0 Å². The number of rotatable bonds is 8. The Bertz CT molecular complexity index is 468. The van der Waals surface area contributed by atoms with E-state index in [1.54, 1.807) is 21.3 Å². The Morgan fingerprint density at radius 3 is 2.39 bits per heavy atom. The van der Waals surface area contributed by atoms with Crippen LogP contribution in [0.15, 0.2) is 12.1 Å². The fraction of sp³-hybridized carbons (Fsp3) is 0.667. The van der Waals surface area contributed by atoms with Crippen molar-refractivity contribution in [3.8, 4) is 17.2 Å². The van der Waals surface area contributed by atoms with Gasteiger partial charge in [0.2, 0.25) is 5.75 Å². The molecule has 130 valence electrons. The molecule has 5 nitrogen and oxygen atoms in total. The van der Waals surface area contributed by atoms with Crippen LogP contribution >= 0.6 is 0 Å². The third-order valence-electron chi connectivity index (χ3n) is 4.55. The molecule has 2 atom stereocenters. The van der Waals surface area contributed by atoms with E-state index in [-0.39, 0.29) is 0 Å². The predicted octanol–water partition coefficient (Wildman–Crippen LogP) is 3.29. The number of piperidine rings is 1. The van der Waals surface area contributed by atoms with Crippen LogP contribution in [0.25, 0.3) is 0 Å². The molecule has 0 bridgehead atoms. The maximum Gasteiger partial charge on any atom is 0.203 e. The zero-order valence-corrected chi connectivity index (χ0v) is 14.8. The van der Waals surface area contributed by atoms with Crippen molar-refractivity contribution in [3.63, 3.8) is 0 Å². The summed E-state index contributed by atoms with van der Waals surface area (Å²) in [6.45, 7) is 4.39. The Hall–Kier alpha value is -1.62. The minimum absolute atomic E-state index is 0.477. The summed E-state index contributed by atoms with van der Waals surface area (Å²) in [6, 6.07) is 4.45. The van der Waals surface area contributed by atoms with Crippen molar-refractivity contribution < 1.29 is 14.2 Å². The van der Waals surface area contributed by atoms with E-state index in [9.17, 15) is 0 Å². The molecule has 1 fully saturated rings. The van der Waals surface area contributed by atoms with Crippen LogP contribution in [0.1, 0.15) is 32.6 Å². The van der Waals surface area contributed by atoms with Gasteiger partial charge in [-0.25, -0.2) is 0 Å². The predicted molar refractivity (Wildman–Crippen MR) is 94.0 cm³/mol. The topological polar surface area (TPSA) is 51.8 Å². The summed E-state index contributed by atoms with van der Waals surface area (Å²) in [5, 5.41) is 7.20. The smallest absolute Gasteiger partial charge is 0.203 e. The van der Waals surface area contributed by atoms with E-state index in [0.717, 1.165) is 25.2 Å². The monoisotopic (exact) mass is 322 g/mol. The van der Waals surface area contributed by atoms with Crippen molar-refractivity contribution in [3.05, 3.63) is 12.1 Å². The third kappa shape index (κ3) is 4.44. The van der Waals surface area contributed by atoms with Gasteiger partial charge >= 0.3 is 0 Å². The van der Waals surface area contributed by atoms with Crippen LogP contribution in [0.5, 0.6) is 17.2 Å². The zero-order valence-electron chi connectivity index (χ0n) is 14.8. The van der Waals surface area contributed by atoms with Gasteiger partial charge < -0.3 is 24.8 Å². The number of benzene rings is 1. The highest BCUT2D eigenvalue weighted by Crippen LogP contribution is 2.40. The van der Waals surface area contributed by atoms with E-state index in [4.69, 9.17) is 14.2 Å². The maximum absolute atomic E-state index is 5.44. The molecule has 1 heterocycles. The van der Waals surface area contributed by atoms with Crippen molar-refractivity contribution >= 4 is 5.69 Å². The number of unbranched alkanes of at least 4 members (excludes halogenated alkanes) is 1.